The molecular weight excluding hydrogens is 392 g/mol. The van der Waals surface area contributed by atoms with Crippen molar-refractivity contribution in [3.8, 4) is 5.75 Å². The zero-order valence-electron chi connectivity index (χ0n) is 16.9. The van der Waals surface area contributed by atoms with Gasteiger partial charge in [-0.1, -0.05) is 0 Å². The summed E-state index contributed by atoms with van der Waals surface area (Å²) in [5, 5.41) is 2.61. The molecule has 1 fully saturated rings. The number of likely N-dealkylation sites (N-methyl/N-ethyl adjacent to an activating group) is 1. The van der Waals surface area contributed by atoms with Gasteiger partial charge in [-0.2, -0.15) is 0 Å². The van der Waals surface area contributed by atoms with Crippen molar-refractivity contribution in [3.63, 3.8) is 0 Å². The maximum Gasteiger partial charge on any atom is 0.262 e. The van der Waals surface area contributed by atoms with Gasteiger partial charge in [-0.05, 0) is 36.4 Å². The summed E-state index contributed by atoms with van der Waals surface area (Å²) in [6, 6.07) is 11.7. The number of ether oxygens (including phenoxy) is 1. The van der Waals surface area contributed by atoms with Gasteiger partial charge in [0, 0.05) is 24.4 Å². The molecule has 0 atom stereocenters. The number of anilines is 3. The van der Waals surface area contributed by atoms with Gasteiger partial charge in [0.05, 0.1) is 50.9 Å². The van der Waals surface area contributed by atoms with Crippen molar-refractivity contribution in [3.05, 3.63) is 42.5 Å². The van der Waals surface area contributed by atoms with Crippen LogP contribution in [0.2, 0.25) is 0 Å². The molecule has 1 amide bonds. The molecule has 1 heterocycles. The first kappa shape index (κ1) is 20.9. The van der Waals surface area contributed by atoms with Crippen LogP contribution in [0.15, 0.2) is 47.4 Å². The number of rotatable bonds is 6. The number of carbonyl (C=O) groups excluding carboxylic acids is 1. The number of carbonyl (C=O) groups is 1. The van der Waals surface area contributed by atoms with Gasteiger partial charge in [0.2, 0.25) is 5.91 Å². The van der Waals surface area contributed by atoms with Crippen LogP contribution in [-0.4, -0.2) is 54.7 Å². The Hall–Kier alpha value is -2.78. The maximum atomic E-state index is 12.8. The van der Waals surface area contributed by atoms with E-state index in [1.807, 2.05) is 12.1 Å². The summed E-state index contributed by atoms with van der Waals surface area (Å²) < 4.78 is 33.3. The van der Waals surface area contributed by atoms with Crippen LogP contribution in [0.1, 0.15) is 6.92 Å². The SMILES string of the molecule is COc1cc(S(=O)(=O)Nc2ccc(N3CC[NH+](C)CC3)cc2)ccc1NC(C)=O. The summed E-state index contributed by atoms with van der Waals surface area (Å²) in [6.45, 7) is 5.52. The number of hydrogen-bond donors (Lipinski definition) is 3. The number of methoxy groups -OCH3 is 1. The third-order valence-electron chi connectivity index (χ3n) is 4.90. The monoisotopic (exact) mass is 419 g/mol. The van der Waals surface area contributed by atoms with E-state index in [9.17, 15) is 13.2 Å². The quantitative estimate of drug-likeness (QED) is 0.644. The normalized spacial score (nSPS) is 15.1. The lowest BCUT2D eigenvalue weighted by atomic mass is 10.2. The molecule has 1 aliphatic rings. The number of nitrogens with one attached hydrogen (secondary N) is 3. The number of benzene rings is 2. The second-order valence-corrected chi connectivity index (χ2v) is 8.82. The Balaban J connectivity index is 1.74. The van der Waals surface area contributed by atoms with E-state index in [4.69, 9.17) is 4.74 Å². The van der Waals surface area contributed by atoms with Crippen molar-refractivity contribution in [2.75, 3.05) is 55.3 Å². The Bertz CT molecular complexity index is 968. The summed E-state index contributed by atoms with van der Waals surface area (Å²) >= 11 is 0. The minimum absolute atomic E-state index is 0.0505. The highest BCUT2D eigenvalue weighted by Crippen LogP contribution is 2.29. The third kappa shape index (κ3) is 5.18. The molecule has 0 saturated carbocycles. The molecule has 0 aliphatic carbocycles. The summed E-state index contributed by atoms with van der Waals surface area (Å²) in [6.07, 6.45) is 0. The lowest BCUT2D eigenvalue weighted by Crippen LogP contribution is -3.12. The standard InChI is InChI=1S/C20H26N4O4S/c1-15(25)21-19-9-8-18(14-20(19)28-3)29(26,27)22-16-4-6-17(7-5-16)24-12-10-23(2)11-13-24/h4-9,14,22H,10-13H2,1-3H3,(H,21,25)/p+1. The van der Waals surface area contributed by atoms with Crippen molar-refractivity contribution in [2.45, 2.75) is 11.8 Å². The second-order valence-electron chi connectivity index (χ2n) is 7.14. The molecule has 29 heavy (non-hydrogen) atoms. The number of amides is 1. The van der Waals surface area contributed by atoms with Gasteiger partial charge < -0.3 is 19.9 Å². The van der Waals surface area contributed by atoms with Crippen LogP contribution >= 0.6 is 0 Å². The van der Waals surface area contributed by atoms with Crippen LogP contribution in [0.5, 0.6) is 5.75 Å². The number of piperazine rings is 1. The lowest BCUT2D eigenvalue weighted by Gasteiger charge is -2.31. The van der Waals surface area contributed by atoms with Gasteiger partial charge in [-0.3, -0.25) is 9.52 Å². The van der Waals surface area contributed by atoms with Crippen LogP contribution in [0, 0.1) is 0 Å². The van der Waals surface area contributed by atoms with E-state index in [1.54, 1.807) is 12.1 Å². The van der Waals surface area contributed by atoms with E-state index >= 15 is 0 Å². The summed E-state index contributed by atoms with van der Waals surface area (Å²) in [7, 11) is -0.189. The Morgan fingerprint density at radius 3 is 2.34 bits per heavy atom. The molecule has 3 rings (SSSR count). The minimum Gasteiger partial charge on any atom is -0.495 e. The average molecular weight is 420 g/mol. The smallest absolute Gasteiger partial charge is 0.262 e. The van der Waals surface area contributed by atoms with Crippen LogP contribution < -0.4 is 24.6 Å². The van der Waals surface area contributed by atoms with Gasteiger partial charge in [0.1, 0.15) is 5.75 Å². The molecule has 0 bridgehead atoms. The van der Waals surface area contributed by atoms with Gasteiger partial charge >= 0.3 is 0 Å². The van der Waals surface area contributed by atoms with Crippen LogP contribution in [0.25, 0.3) is 0 Å². The van der Waals surface area contributed by atoms with Crippen molar-refractivity contribution >= 4 is 33.0 Å². The fraction of sp³-hybridized carbons (Fsp3) is 0.350. The molecule has 0 aromatic heterocycles. The fourth-order valence-electron chi connectivity index (χ4n) is 3.23. The topological polar surface area (TPSA) is 92.2 Å². The van der Waals surface area contributed by atoms with E-state index in [0.29, 0.717) is 11.4 Å². The first-order valence-electron chi connectivity index (χ1n) is 9.43. The average Bonchev–Trinajstić information content (AvgIpc) is 2.69. The predicted molar refractivity (Wildman–Crippen MR) is 113 cm³/mol. The van der Waals surface area contributed by atoms with Crippen LogP contribution in [0.4, 0.5) is 17.1 Å². The van der Waals surface area contributed by atoms with Crippen molar-refractivity contribution in [2.24, 2.45) is 0 Å². The predicted octanol–water partition coefficient (Wildman–Crippen LogP) is 0.789. The van der Waals surface area contributed by atoms with E-state index < -0.39 is 10.0 Å². The third-order valence-corrected chi connectivity index (χ3v) is 6.27. The Morgan fingerprint density at radius 2 is 1.76 bits per heavy atom. The van der Waals surface area contributed by atoms with Crippen molar-refractivity contribution in [1.82, 2.24) is 0 Å². The highest BCUT2D eigenvalue weighted by atomic mass is 32.2. The zero-order valence-corrected chi connectivity index (χ0v) is 17.7. The number of hydrogen-bond acceptors (Lipinski definition) is 5. The second kappa shape index (κ2) is 8.71. The molecule has 9 heteroatoms. The van der Waals surface area contributed by atoms with Gasteiger partial charge in [-0.25, -0.2) is 8.42 Å². The van der Waals surface area contributed by atoms with Gasteiger partial charge in [0.25, 0.3) is 10.0 Å². The highest BCUT2D eigenvalue weighted by Gasteiger charge is 2.19. The van der Waals surface area contributed by atoms with Crippen LogP contribution in [0.3, 0.4) is 0 Å². The zero-order chi connectivity index (χ0) is 21.0. The van der Waals surface area contributed by atoms with Crippen molar-refractivity contribution in [1.29, 1.82) is 0 Å². The van der Waals surface area contributed by atoms with Gasteiger partial charge in [0.15, 0.2) is 0 Å². The summed E-state index contributed by atoms with van der Waals surface area (Å²) in [4.78, 5) is 15.1. The summed E-state index contributed by atoms with van der Waals surface area (Å²) in [5.41, 5.74) is 1.98. The molecule has 0 unspecified atom stereocenters. The molecule has 0 radical (unpaired) electrons. The minimum atomic E-state index is -3.80. The Kier molecular flexibility index (Phi) is 6.29. The van der Waals surface area contributed by atoms with Crippen LogP contribution in [-0.2, 0) is 14.8 Å². The molecule has 1 aliphatic heterocycles. The molecular formula is C20H27N4O4S+. The summed E-state index contributed by atoms with van der Waals surface area (Å²) in [5.74, 6) is 0.00879. The van der Waals surface area contributed by atoms with Gasteiger partial charge in [-0.15, -0.1) is 0 Å². The maximum absolute atomic E-state index is 12.8. The fourth-order valence-corrected chi connectivity index (χ4v) is 4.31. The highest BCUT2D eigenvalue weighted by molar-refractivity contribution is 7.92. The molecule has 3 N–H and O–H groups in total. The molecule has 8 nitrogen and oxygen atoms in total. The first-order valence-corrected chi connectivity index (χ1v) is 10.9. The Labute approximate surface area is 171 Å². The number of quaternary nitrogens is 1. The molecule has 2 aromatic rings. The molecule has 156 valence electrons. The van der Waals surface area contributed by atoms with E-state index in [-0.39, 0.29) is 16.6 Å². The van der Waals surface area contributed by atoms with E-state index in [0.717, 1.165) is 31.9 Å². The largest absolute Gasteiger partial charge is 0.495 e. The Morgan fingerprint density at radius 1 is 1.10 bits per heavy atom. The molecule has 1 saturated heterocycles. The first-order chi connectivity index (χ1) is 13.8. The number of sulfonamides is 1. The lowest BCUT2D eigenvalue weighted by molar-refractivity contribution is -0.880. The molecule has 2 aromatic carbocycles. The van der Waals surface area contributed by atoms with E-state index in [1.165, 1.54) is 37.1 Å². The van der Waals surface area contributed by atoms with E-state index in [2.05, 4.69) is 22.0 Å². The number of nitrogens with zero attached hydrogens (tertiary/aromatic N) is 1. The molecule has 0 spiro atoms. The van der Waals surface area contributed by atoms with Crippen molar-refractivity contribution < 1.29 is 22.8 Å².